The summed E-state index contributed by atoms with van der Waals surface area (Å²) in [6.07, 6.45) is 8.91. The Morgan fingerprint density at radius 3 is 2.49 bits per heavy atom. The Bertz CT molecular complexity index is 1110. The molecule has 0 aromatic carbocycles. The Balaban J connectivity index is 1.24. The molecule has 1 unspecified atom stereocenters. The summed E-state index contributed by atoms with van der Waals surface area (Å²) in [4.78, 5) is 46.8. The molecule has 1 saturated heterocycles. The molecule has 3 aliphatic rings. The molecule has 1 aliphatic carbocycles. The first kappa shape index (κ1) is 25.3. The molecule has 198 valence electrons. The molecule has 2 amide bonds. The van der Waals surface area contributed by atoms with Crippen molar-refractivity contribution >= 4 is 29.4 Å². The molecule has 5 rings (SSSR count). The average molecular weight is 508 g/mol. The van der Waals surface area contributed by atoms with Crippen molar-refractivity contribution in [3.05, 3.63) is 35.7 Å². The van der Waals surface area contributed by atoms with Crippen molar-refractivity contribution in [2.45, 2.75) is 50.7 Å². The third kappa shape index (κ3) is 5.52. The molecule has 1 atom stereocenters. The highest BCUT2D eigenvalue weighted by Crippen LogP contribution is 2.38. The molecular formula is C26H37N9O2. The molecule has 0 spiro atoms. The zero-order valence-corrected chi connectivity index (χ0v) is 21.8. The second kappa shape index (κ2) is 11.0. The quantitative estimate of drug-likeness (QED) is 0.564. The van der Waals surface area contributed by atoms with Gasteiger partial charge < -0.3 is 25.8 Å². The molecule has 4 heterocycles. The van der Waals surface area contributed by atoms with Crippen molar-refractivity contribution in [1.29, 1.82) is 0 Å². The molecular weight excluding hydrogens is 470 g/mol. The normalized spacial score (nSPS) is 20.2. The van der Waals surface area contributed by atoms with E-state index >= 15 is 0 Å². The van der Waals surface area contributed by atoms with Gasteiger partial charge in [0.2, 0.25) is 17.8 Å². The summed E-state index contributed by atoms with van der Waals surface area (Å²) in [6, 6.07) is 4.11. The molecule has 0 radical (unpaired) electrons. The lowest BCUT2D eigenvalue weighted by atomic mass is 10.1. The first-order chi connectivity index (χ1) is 17.9. The fourth-order valence-electron chi connectivity index (χ4n) is 5.64. The Labute approximate surface area is 218 Å². The smallest absolute Gasteiger partial charge is 0.245 e. The third-order valence-corrected chi connectivity index (χ3v) is 7.65. The number of hydrogen-bond acceptors (Lipinski definition) is 9. The Kier molecular flexibility index (Phi) is 7.52. The molecule has 11 nitrogen and oxygen atoms in total. The van der Waals surface area contributed by atoms with Gasteiger partial charge in [-0.2, -0.15) is 4.98 Å². The maximum absolute atomic E-state index is 13.0. The Morgan fingerprint density at radius 2 is 1.84 bits per heavy atom. The number of nitrogens with one attached hydrogen (secondary N) is 1. The number of carbonyl (C=O) groups is 2. The summed E-state index contributed by atoms with van der Waals surface area (Å²) in [5.74, 6) is 2.16. The zero-order valence-electron chi connectivity index (χ0n) is 21.8. The standard InChI is InChI=1S/C26H37N9O2/c1-32(2)25(37)21-13-19-16-29-26(31-24(19)35(21)20-5-3-4-6-20)30-22-8-7-18(15-28-22)17-33-9-11-34(12-10-33)23(36)14-27/h7-8,15-16,20-21H,3-6,9-14,17,27H2,1-2H3,(H,28,29,30,31). The molecule has 1 saturated carbocycles. The fraction of sp³-hybridized carbons (Fsp3) is 0.577. The van der Waals surface area contributed by atoms with Crippen molar-refractivity contribution < 1.29 is 9.59 Å². The number of carbonyl (C=O) groups excluding carboxylic acids is 2. The van der Waals surface area contributed by atoms with E-state index in [-0.39, 0.29) is 24.4 Å². The number of fused-ring (bicyclic) bond motifs is 1. The maximum Gasteiger partial charge on any atom is 0.245 e. The van der Waals surface area contributed by atoms with E-state index in [2.05, 4.69) is 31.2 Å². The van der Waals surface area contributed by atoms with Crippen LogP contribution in [0.4, 0.5) is 17.6 Å². The highest BCUT2D eigenvalue weighted by Gasteiger charge is 2.41. The topological polar surface area (TPSA) is 124 Å². The first-order valence-electron chi connectivity index (χ1n) is 13.2. The number of pyridine rings is 1. The van der Waals surface area contributed by atoms with Crippen molar-refractivity contribution in [3.8, 4) is 0 Å². The highest BCUT2D eigenvalue weighted by molar-refractivity contribution is 5.87. The highest BCUT2D eigenvalue weighted by atomic mass is 16.2. The minimum atomic E-state index is -0.217. The van der Waals surface area contributed by atoms with E-state index in [4.69, 9.17) is 10.7 Å². The van der Waals surface area contributed by atoms with Gasteiger partial charge in [-0.15, -0.1) is 0 Å². The van der Waals surface area contributed by atoms with Crippen molar-refractivity contribution in [1.82, 2.24) is 29.7 Å². The Morgan fingerprint density at radius 1 is 1.08 bits per heavy atom. The summed E-state index contributed by atoms with van der Waals surface area (Å²) in [5.41, 5.74) is 7.61. The van der Waals surface area contributed by atoms with E-state index in [1.54, 1.807) is 4.90 Å². The van der Waals surface area contributed by atoms with E-state index in [0.717, 1.165) is 49.4 Å². The lowest BCUT2D eigenvalue weighted by molar-refractivity contribution is -0.131. The van der Waals surface area contributed by atoms with Crippen LogP contribution in [-0.4, -0.2) is 100 Å². The van der Waals surface area contributed by atoms with Crippen LogP contribution in [0.3, 0.4) is 0 Å². The summed E-state index contributed by atoms with van der Waals surface area (Å²) >= 11 is 0. The molecule has 2 aromatic rings. The minimum absolute atomic E-state index is 0.0108. The van der Waals surface area contributed by atoms with Crippen molar-refractivity contribution in [2.75, 3.05) is 57.0 Å². The number of nitrogens with two attached hydrogens (primary N) is 1. The Hall–Kier alpha value is -3.31. The zero-order chi connectivity index (χ0) is 25.9. The van der Waals surface area contributed by atoms with E-state index in [1.807, 2.05) is 37.5 Å². The molecule has 37 heavy (non-hydrogen) atoms. The van der Waals surface area contributed by atoms with Gasteiger partial charge in [-0.25, -0.2) is 9.97 Å². The number of nitrogens with zero attached hydrogens (tertiary/aromatic N) is 7. The predicted octanol–water partition coefficient (Wildman–Crippen LogP) is 0.980. The lowest BCUT2D eigenvalue weighted by Gasteiger charge is -2.34. The SMILES string of the molecule is CN(C)C(=O)C1Cc2cnc(Nc3ccc(CN4CCN(C(=O)CN)CC4)cn3)nc2N1C1CCCC1. The van der Waals surface area contributed by atoms with Crippen molar-refractivity contribution in [3.63, 3.8) is 0 Å². The van der Waals surface area contributed by atoms with Crippen LogP contribution in [0, 0.1) is 0 Å². The number of rotatable bonds is 7. The van der Waals surface area contributed by atoms with Crippen molar-refractivity contribution in [2.24, 2.45) is 5.73 Å². The fourth-order valence-corrected chi connectivity index (χ4v) is 5.64. The summed E-state index contributed by atoms with van der Waals surface area (Å²) in [6.45, 7) is 3.91. The van der Waals surface area contributed by atoms with E-state index in [9.17, 15) is 9.59 Å². The minimum Gasteiger partial charge on any atom is -0.347 e. The molecule has 2 aromatic heterocycles. The number of amides is 2. The van der Waals surface area contributed by atoms with Gasteiger partial charge in [0.15, 0.2) is 0 Å². The van der Waals surface area contributed by atoms with Crippen LogP contribution in [0.2, 0.25) is 0 Å². The van der Waals surface area contributed by atoms with Gasteiger partial charge in [-0.3, -0.25) is 14.5 Å². The molecule has 0 bridgehead atoms. The number of piperazine rings is 1. The number of anilines is 3. The molecule has 3 N–H and O–H groups in total. The van der Waals surface area contributed by atoms with Gasteiger partial charge >= 0.3 is 0 Å². The predicted molar refractivity (Wildman–Crippen MR) is 141 cm³/mol. The number of likely N-dealkylation sites (N-methyl/N-ethyl adjacent to an activating group) is 1. The molecule has 2 aliphatic heterocycles. The number of hydrogen-bond donors (Lipinski definition) is 2. The second-order valence-electron chi connectivity index (χ2n) is 10.4. The maximum atomic E-state index is 13.0. The van der Waals surface area contributed by atoms with Crippen LogP contribution in [0.1, 0.15) is 36.8 Å². The molecule has 2 fully saturated rings. The average Bonchev–Trinajstić information content (AvgIpc) is 3.57. The van der Waals surface area contributed by atoms with Crippen LogP contribution in [0.5, 0.6) is 0 Å². The van der Waals surface area contributed by atoms with Gasteiger partial charge in [0.05, 0.1) is 6.54 Å². The largest absolute Gasteiger partial charge is 0.347 e. The van der Waals surface area contributed by atoms with Crippen LogP contribution in [0.25, 0.3) is 0 Å². The van der Waals surface area contributed by atoms with Gasteiger partial charge in [0.1, 0.15) is 17.7 Å². The third-order valence-electron chi connectivity index (χ3n) is 7.65. The lowest BCUT2D eigenvalue weighted by Crippen LogP contribution is -2.49. The first-order valence-corrected chi connectivity index (χ1v) is 13.2. The number of aromatic nitrogens is 3. The molecule has 11 heteroatoms. The summed E-state index contributed by atoms with van der Waals surface area (Å²) in [5, 5.41) is 3.24. The monoisotopic (exact) mass is 507 g/mol. The van der Waals surface area contributed by atoms with E-state index < -0.39 is 0 Å². The van der Waals surface area contributed by atoms with Crippen LogP contribution < -0.4 is 16.0 Å². The van der Waals surface area contributed by atoms with Gasteiger partial charge in [-0.05, 0) is 24.5 Å². The second-order valence-corrected chi connectivity index (χ2v) is 10.4. The van der Waals surface area contributed by atoms with Gasteiger partial charge in [-0.1, -0.05) is 18.9 Å². The van der Waals surface area contributed by atoms with Crippen LogP contribution >= 0.6 is 0 Å². The van der Waals surface area contributed by atoms with E-state index in [0.29, 0.717) is 37.3 Å². The van der Waals surface area contributed by atoms with E-state index in [1.165, 1.54) is 12.8 Å². The van der Waals surface area contributed by atoms with Crippen LogP contribution in [-0.2, 0) is 22.6 Å². The van der Waals surface area contributed by atoms with Crippen LogP contribution in [0.15, 0.2) is 24.5 Å². The van der Waals surface area contributed by atoms with Gasteiger partial charge in [0.25, 0.3) is 0 Å². The summed E-state index contributed by atoms with van der Waals surface area (Å²) < 4.78 is 0. The summed E-state index contributed by atoms with van der Waals surface area (Å²) in [7, 11) is 3.63. The van der Waals surface area contributed by atoms with Gasteiger partial charge in [0, 0.05) is 77.2 Å².